The van der Waals surface area contributed by atoms with E-state index in [1.54, 1.807) is 19.4 Å². The number of para-hydroxylation sites is 2. The van der Waals surface area contributed by atoms with Gasteiger partial charge in [0.1, 0.15) is 17.9 Å². The lowest BCUT2D eigenvalue weighted by atomic mass is 9.82. The highest BCUT2D eigenvalue weighted by Crippen LogP contribution is 2.49. The summed E-state index contributed by atoms with van der Waals surface area (Å²) in [6.45, 7) is 0.337. The normalized spacial score (nSPS) is 17.5. The van der Waals surface area contributed by atoms with Crippen molar-refractivity contribution in [2.45, 2.75) is 5.92 Å². The number of ether oxygens (including phenoxy) is 3. The summed E-state index contributed by atoms with van der Waals surface area (Å²) in [6, 6.07) is 13.1. The van der Waals surface area contributed by atoms with Crippen LogP contribution >= 0.6 is 0 Å². The Morgan fingerprint density at radius 1 is 1.08 bits per heavy atom. The largest absolute Gasteiger partial charge is 0.493 e. The van der Waals surface area contributed by atoms with Crippen LogP contribution in [0.2, 0.25) is 0 Å². The summed E-state index contributed by atoms with van der Waals surface area (Å²) in [5.74, 6) is 1.60. The van der Waals surface area contributed by atoms with Crippen LogP contribution in [0.1, 0.15) is 17.0 Å². The quantitative estimate of drug-likeness (QED) is 0.636. The molecule has 0 radical (unpaired) electrons. The van der Waals surface area contributed by atoms with Crippen LogP contribution in [0.4, 0.5) is 0 Å². The number of hydrogen-bond donors (Lipinski definition) is 0. The average Bonchev–Trinajstić information content (AvgIpc) is 2.66. The first-order chi connectivity index (χ1) is 12.3. The molecule has 0 spiro atoms. The van der Waals surface area contributed by atoms with E-state index < -0.39 is 0 Å². The van der Waals surface area contributed by atoms with Crippen molar-refractivity contribution in [1.82, 2.24) is 0 Å². The van der Waals surface area contributed by atoms with Gasteiger partial charge in [-0.05, 0) is 18.2 Å². The summed E-state index contributed by atoms with van der Waals surface area (Å²) in [5, 5.41) is 0.781. The minimum atomic E-state index is -0.389. The van der Waals surface area contributed by atoms with Gasteiger partial charge in [-0.1, -0.05) is 24.3 Å². The van der Waals surface area contributed by atoms with Gasteiger partial charge in [-0.3, -0.25) is 0 Å². The lowest BCUT2D eigenvalue weighted by Gasteiger charge is -2.32. The molecule has 2 aliphatic heterocycles. The summed E-state index contributed by atoms with van der Waals surface area (Å²) in [6.07, 6.45) is 1.68. The molecule has 0 amide bonds. The third-order valence-electron chi connectivity index (χ3n) is 4.71. The fourth-order valence-electron chi connectivity index (χ4n) is 3.60. The molecule has 5 rings (SSSR count). The van der Waals surface area contributed by atoms with Crippen LogP contribution in [-0.2, 0) is 0 Å². The Labute approximate surface area is 143 Å². The van der Waals surface area contributed by atoms with Gasteiger partial charge in [0.25, 0.3) is 0 Å². The molecule has 5 nitrogen and oxygen atoms in total. The van der Waals surface area contributed by atoms with Crippen molar-refractivity contribution in [3.05, 3.63) is 75.8 Å². The molecular weight excluding hydrogens is 320 g/mol. The zero-order valence-electron chi connectivity index (χ0n) is 13.4. The molecule has 5 heteroatoms. The predicted octanol–water partition coefficient (Wildman–Crippen LogP) is 3.60. The van der Waals surface area contributed by atoms with E-state index in [0.29, 0.717) is 35.0 Å². The molecule has 2 aromatic carbocycles. The minimum Gasteiger partial charge on any atom is -0.493 e. The first-order valence-electron chi connectivity index (χ1n) is 7.99. The highest BCUT2D eigenvalue weighted by molar-refractivity contribution is 5.85. The molecule has 0 saturated heterocycles. The Morgan fingerprint density at radius 3 is 2.84 bits per heavy atom. The molecule has 0 aliphatic carbocycles. The number of rotatable bonds is 1. The first kappa shape index (κ1) is 14.2. The SMILES string of the molecule is COc1cccc2c1OCC1=COc3c(c(=O)oc4ccccc34)C12. The molecule has 3 heterocycles. The fourth-order valence-corrected chi connectivity index (χ4v) is 3.60. The van der Waals surface area contributed by atoms with E-state index in [-0.39, 0.29) is 11.5 Å². The van der Waals surface area contributed by atoms with Gasteiger partial charge in [0.05, 0.1) is 30.2 Å². The zero-order chi connectivity index (χ0) is 17.0. The maximum atomic E-state index is 12.8. The van der Waals surface area contributed by atoms with Crippen LogP contribution in [0.15, 0.2) is 63.5 Å². The summed E-state index contributed by atoms with van der Waals surface area (Å²) in [5.41, 5.74) is 2.40. The summed E-state index contributed by atoms with van der Waals surface area (Å²) >= 11 is 0. The fraction of sp³-hybridized carbons (Fsp3) is 0.150. The Morgan fingerprint density at radius 2 is 1.96 bits per heavy atom. The van der Waals surface area contributed by atoms with Crippen molar-refractivity contribution in [3.63, 3.8) is 0 Å². The number of fused-ring (bicyclic) bond motifs is 7. The van der Waals surface area contributed by atoms with Gasteiger partial charge in [0, 0.05) is 11.1 Å². The number of methoxy groups -OCH3 is 1. The molecule has 124 valence electrons. The Bertz CT molecular complexity index is 1090. The lowest BCUT2D eigenvalue weighted by molar-refractivity contribution is 0.286. The van der Waals surface area contributed by atoms with Crippen LogP contribution in [0.3, 0.4) is 0 Å². The van der Waals surface area contributed by atoms with Crippen LogP contribution in [0.25, 0.3) is 11.0 Å². The van der Waals surface area contributed by atoms with E-state index in [2.05, 4.69) is 0 Å². The van der Waals surface area contributed by atoms with Crippen molar-refractivity contribution >= 4 is 11.0 Å². The topological polar surface area (TPSA) is 57.9 Å². The van der Waals surface area contributed by atoms with Gasteiger partial charge in [-0.25, -0.2) is 4.79 Å². The smallest absolute Gasteiger partial charge is 0.344 e. The molecule has 1 aromatic heterocycles. The van der Waals surface area contributed by atoms with Crippen molar-refractivity contribution in [3.8, 4) is 17.2 Å². The van der Waals surface area contributed by atoms with Crippen molar-refractivity contribution in [1.29, 1.82) is 0 Å². The average molecular weight is 334 g/mol. The lowest BCUT2D eigenvalue weighted by Crippen LogP contribution is -2.27. The second kappa shape index (κ2) is 5.14. The van der Waals surface area contributed by atoms with Crippen LogP contribution in [-0.4, -0.2) is 13.7 Å². The van der Waals surface area contributed by atoms with Gasteiger partial charge in [0.2, 0.25) is 0 Å². The highest BCUT2D eigenvalue weighted by atomic mass is 16.5. The maximum absolute atomic E-state index is 12.8. The van der Waals surface area contributed by atoms with Gasteiger partial charge < -0.3 is 18.6 Å². The second-order valence-corrected chi connectivity index (χ2v) is 6.04. The van der Waals surface area contributed by atoms with Gasteiger partial charge in [-0.15, -0.1) is 0 Å². The molecule has 1 atom stereocenters. The van der Waals surface area contributed by atoms with Gasteiger partial charge >= 0.3 is 5.63 Å². The van der Waals surface area contributed by atoms with Crippen molar-refractivity contribution < 1.29 is 18.6 Å². The molecule has 0 N–H and O–H groups in total. The molecule has 0 saturated carbocycles. The molecule has 0 bridgehead atoms. The van der Waals surface area contributed by atoms with E-state index >= 15 is 0 Å². The summed E-state index contributed by atoms with van der Waals surface area (Å²) in [4.78, 5) is 12.8. The van der Waals surface area contributed by atoms with Gasteiger partial charge in [-0.2, -0.15) is 0 Å². The second-order valence-electron chi connectivity index (χ2n) is 6.04. The minimum absolute atomic E-state index is 0.261. The first-order valence-corrected chi connectivity index (χ1v) is 7.99. The van der Waals surface area contributed by atoms with Crippen LogP contribution in [0, 0.1) is 0 Å². The summed E-state index contributed by atoms with van der Waals surface area (Å²) < 4.78 is 22.6. The Hall–Kier alpha value is -3.21. The zero-order valence-corrected chi connectivity index (χ0v) is 13.4. The van der Waals surface area contributed by atoms with Crippen molar-refractivity contribution in [2.75, 3.05) is 13.7 Å². The maximum Gasteiger partial charge on any atom is 0.344 e. The number of benzene rings is 2. The van der Waals surface area contributed by atoms with Crippen LogP contribution < -0.4 is 19.8 Å². The van der Waals surface area contributed by atoms with E-state index in [1.165, 1.54) is 0 Å². The van der Waals surface area contributed by atoms with Crippen LogP contribution in [0.5, 0.6) is 17.2 Å². The Kier molecular flexibility index (Phi) is 2.91. The molecular formula is C20H14O5. The predicted molar refractivity (Wildman–Crippen MR) is 91.5 cm³/mol. The molecule has 3 aromatic rings. The third-order valence-corrected chi connectivity index (χ3v) is 4.71. The third kappa shape index (κ3) is 1.92. The molecule has 2 aliphatic rings. The molecule has 0 fully saturated rings. The van der Waals surface area contributed by atoms with E-state index in [0.717, 1.165) is 16.5 Å². The molecule has 25 heavy (non-hydrogen) atoms. The van der Waals surface area contributed by atoms with E-state index in [9.17, 15) is 4.79 Å². The highest BCUT2D eigenvalue weighted by Gasteiger charge is 2.37. The van der Waals surface area contributed by atoms with E-state index in [4.69, 9.17) is 18.6 Å². The van der Waals surface area contributed by atoms with Gasteiger partial charge in [0.15, 0.2) is 11.5 Å². The summed E-state index contributed by atoms with van der Waals surface area (Å²) in [7, 11) is 1.60. The number of hydrogen-bond acceptors (Lipinski definition) is 5. The van der Waals surface area contributed by atoms with Crippen molar-refractivity contribution in [2.24, 2.45) is 0 Å². The van der Waals surface area contributed by atoms with E-state index in [1.807, 2.05) is 36.4 Å². The Balaban J connectivity index is 1.83. The standard InChI is InChI=1S/C20H14O5/c1-22-15-8-4-6-13-16-11(9-23-18(13)15)10-24-19-12-5-2-3-7-14(12)25-20(21)17(16)19/h2-8,10,16H,9H2,1H3. The monoisotopic (exact) mass is 334 g/mol. The molecule has 1 unspecified atom stereocenters.